The Morgan fingerprint density at radius 2 is 1.83 bits per heavy atom. The summed E-state index contributed by atoms with van der Waals surface area (Å²) in [6.07, 6.45) is 0. The van der Waals surface area contributed by atoms with Crippen LogP contribution < -0.4 is 14.8 Å². The van der Waals surface area contributed by atoms with E-state index in [2.05, 4.69) is 41.2 Å². The Morgan fingerprint density at radius 3 is 2.33 bits per heavy atom. The summed E-state index contributed by atoms with van der Waals surface area (Å²) >= 11 is 3.53. The van der Waals surface area contributed by atoms with E-state index in [0.717, 1.165) is 23.4 Å². The molecule has 1 N–H and O–H groups in total. The van der Waals surface area contributed by atoms with Crippen LogP contribution in [0.5, 0.6) is 11.5 Å². The number of methoxy groups -OCH3 is 2. The second-order valence-corrected chi connectivity index (χ2v) is 5.22. The maximum Gasteiger partial charge on any atom is 0.161 e. The van der Waals surface area contributed by atoms with E-state index in [4.69, 9.17) is 9.47 Å². The van der Waals surface area contributed by atoms with E-state index in [-0.39, 0.29) is 0 Å². The summed E-state index contributed by atoms with van der Waals surface area (Å²) in [6, 6.07) is 6.48. The maximum absolute atomic E-state index is 5.30. The van der Waals surface area contributed by atoms with E-state index in [1.54, 1.807) is 14.2 Å². The van der Waals surface area contributed by atoms with E-state index in [0.29, 0.717) is 12.0 Å². The highest BCUT2D eigenvalue weighted by Crippen LogP contribution is 2.27. The predicted molar refractivity (Wildman–Crippen MR) is 78.8 cm³/mol. The molecule has 0 radical (unpaired) electrons. The van der Waals surface area contributed by atoms with Gasteiger partial charge < -0.3 is 14.8 Å². The third kappa shape index (κ3) is 4.18. The molecule has 0 fully saturated rings. The van der Waals surface area contributed by atoms with Gasteiger partial charge in [0.25, 0.3) is 0 Å². The number of halogens is 1. The molecule has 0 amide bonds. The fourth-order valence-electron chi connectivity index (χ4n) is 1.71. The largest absolute Gasteiger partial charge is 0.493 e. The van der Waals surface area contributed by atoms with Crippen LogP contribution in [-0.2, 0) is 6.54 Å². The Kier molecular flexibility index (Phi) is 6.50. The fraction of sp³-hybridized carbons (Fsp3) is 0.571. The van der Waals surface area contributed by atoms with Crippen molar-refractivity contribution in [3.63, 3.8) is 0 Å². The summed E-state index contributed by atoms with van der Waals surface area (Å²) in [5.74, 6) is 2.14. The second kappa shape index (κ2) is 7.64. The highest BCUT2D eigenvalue weighted by molar-refractivity contribution is 9.09. The minimum atomic E-state index is 0.470. The van der Waals surface area contributed by atoms with Gasteiger partial charge in [-0.05, 0) is 23.6 Å². The van der Waals surface area contributed by atoms with Gasteiger partial charge in [-0.3, -0.25) is 0 Å². The SMILES string of the molecule is COc1ccc(CNC(CBr)C(C)C)cc1OC. The Hall–Kier alpha value is -0.740. The lowest BCUT2D eigenvalue weighted by molar-refractivity contribution is 0.354. The first kappa shape index (κ1) is 15.3. The van der Waals surface area contributed by atoms with Crippen molar-refractivity contribution < 1.29 is 9.47 Å². The zero-order chi connectivity index (χ0) is 13.5. The highest BCUT2D eigenvalue weighted by atomic mass is 79.9. The van der Waals surface area contributed by atoms with Gasteiger partial charge in [0.1, 0.15) is 0 Å². The normalized spacial score (nSPS) is 12.6. The van der Waals surface area contributed by atoms with Crippen LogP contribution in [0.4, 0.5) is 0 Å². The Morgan fingerprint density at radius 1 is 1.17 bits per heavy atom. The van der Waals surface area contributed by atoms with Gasteiger partial charge in [-0.1, -0.05) is 35.8 Å². The molecule has 1 unspecified atom stereocenters. The summed E-state index contributed by atoms with van der Waals surface area (Å²) in [4.78, 5) is 0. The Balaban J connectivity index is 2.67. The van der Waals surface area contributed by atoms with Crippen LogP contribution in [0.15, 0.2) is 18.2 Å². The minimum absolute atomic E-state index is 0.470. The number of benzene rings is 1. The molecule has 1 aromatic rings. The van der Waals surface area contributed by atoms with Gasteiger partial charge in [0.05, 0.1) is 14.2 Å². The van der Waals surface area contributed by atoms with Gasteiger partial charge in [0.2, 0.25) is 0 Å². The molecule has 0 spiro atoms. The van der Waals surface area contributed by atoms with Crippen molar-refractivity contribution in [1.29, 1.82) is 0 Å². The summed E-state index contributed by atoms with van der Waals surface area (Å²) in [6.45, 7) is 5.26. The van der Waals surface area contributed by atoms with Gasteiger partial charge in [-0.15, -0.1) is 0 Å². The molecule has 0 heterocycles. The third-order valence-corrected chi connectivity index (χ3v) is 3.68. The number of rotatable bonds is 7. The summed E-state index contributed by atoms with van der Waals surface area (Å²) in [7, 11) is 3.31. The predicted octanol–water partition coefficient (Wildman–Crippen LogP) is 3.21. The summed E-state index contributed by atoms with van der Waals surface area (Å²) in [5.41, 5.74) is 1.19. The second-order valence-electron chi connectivity index (χ2n) is 4.58. The highest BCUT2D eigenvalue weighted by Gasteiger charge is 2.11. The molecule has 1 rings (SSSR count). The number of hydrogen-bond acceptors (Lipinski definition) is 3. The lowest BCUT2D eigenvalue weighted by Crippen LogP contribution is -2.34. The molecule has 102 valence electrons. The average Bonchev–Trinajstić information content (AvgIpc) is 2.38. The van der Waals surface area contributed by atoms with Gasteiger partial charge in [-0.25, -0.2) is 0 Å². The molecule has 0 aliphatic carbocycles. The molecule has 0 aliphatic rings. The maximum atomic E-state index is 5.30. The first-order valence-corrected chi connectivity index (χ1v) is 7.24. The minimum Gasteiger partial charge on any atom is -0.493 e. The molecule has 0 saturated carbocycles. The van der Waals surface area contributed by atoms with Crippen LogP contribution >= 0.6 is 15.9 Å². The quantitative estimate of drug-likeness (QED) is 0.784. The van der Waals surface area contributed by atoms with E-state index < -0.39 is 0 Å². The molecule has 0 aromatic heterocycles. The van der Waals surface area contributed by atoms with Gasteiger partial charge in [0, 0.05) is 17.9 Å². The first-order valence-electron chi connectivity index (χ1n) is 6.12. The molecule has 1 atom stereocenters. The average molecular weight is 316 g/mol. The molecule has 0 aliphatic heterocycles. The molecule has 1 aromatic carbocycles. The van der Waals surface area contributed by atoms with E-state index in [9.17, 15) is 0 Å². The van der Waals surface area contributed by atoms with Crippen molar-refractivity contribution in [2.45, 2.75) is 26.4 Å². The number of ether oxygens (including phenoxy) is 2. The summed E-state index contributed by atoms with van der Waals surface area (Å²) in [5, 5.41) is 4.49. The molecule has 4 heteroatoms. The lowest BCUT2D eigenvalue weighted by Gasteiger charge is -2.20. The van der Waals surface area contributed by atoms with Crippen molar-refractivity contribution >= 4 is 15.9 Å². The van der Waals surface area contributed by atoms with E-state index in [1.165, 1.54) is 5.56 Å². The third-order valence-electron chi connectivity index (χ3n) is 2.99. The van der Waals surface area contributed by atoms with Crippen molar-refractivity contribution in [1.82, 2.24) is 5.32 Å². The van der Waals surface area contributed by atoms with Crippen LogP contribution in [0, 0.1) is 5.92 Å². The van der Waals surface area contributed by atoms with Gasteiger partial charge in [0.15, 0.2) is 11.5 Å². The van der Waals surface area contributed by atoms with E-state index in [1.807, 2.05) is 12.1 Å². The smallest absolute Gasteiger partial charge is 0.161 e. The number of alkyl halides is 1. The van der Waals surface area contributed by atoms with Crippen LogP contribution in [0.2, 0.25) is 0 Å². The van der Waals surface area contributed by atoms with Gasteiger partial charge >= 0.3 is 0 Å². The molecule has 18 heavy (non-hydrogen) atoms. The molecular formula is C14H22BrNO2. The molecule has 0 bridgehead atoms. The molecule has 3 nitrogen and oxygen atoms in total. The summed E-state index contributed by atoms with van der Waals surface area (Å²) < 4.78 is 10.5. The lowest BCUT2D eigenvalue weighted by atomic mass is 10.1. The van der Waals surface area contributed by atoms with Crippen LogP contribution in [0.3, 0.4) is 0 Å². The zero-order valence-electron chi connectivity index (χ0n) is 11.5. The van der Waals surface area contributed by atoms with Crippen molar-refractivity contribution in [2.75, 3.05) is 19.5 Å². The van der Waals surface area contributed by atoms with Gasteiger partial charge in [-0.2, -0.15) is 0 Å². The zero-order valence-corrected chi connectivity index (χ0v) is 13.1. The van der Waals surface area contributed by atoms with E-state index >= 15 is 0 Å². The standard InChI is InChI=1S/C14H22BrNO2/c1-10(2)12(8-15)16-9-11-5-6-13(17-3)14(7-11)18-4/h5-7,10,12,16H,8-9H2,1-4H3. The van der Waals surface area contributed by atoms with Crippen molar-refractivity contribution in [3.8, 4) is 11.5 Å². The first-order chi connectivity index (χ1) is 8.62. The van der Waals surface area contributed by atoms with Crippen LogP contribution in [-0.4, -0.2) is 25.6 Å². The topological polar surface area (TPSA) is 30.5 Å². The molecular weight excluding hydrogens is 294 g/mol. The monoisotopic (exact) mass is 315 g/mol. The Labute approximate surface area is 118 Å². The van der Waals surface area contributed by atoms with Crippen LogP contribution in [0.25, 0.3) is 0 Å². The fourth-order valence-corrected chi connectivity index (χ4v) is 2.68. The molecule has 0 saturated heterocycles. The number of nitrogens with one attached hydrogen (secondary N) is 1. The van der Waals surface area contributed by atoms with Crippen molar-refractivity contribution in [2.24, 2.45) is 5.92 Å². The Bertz CT molecular complexity index is 369. The van der Waals surface area contributed by atoms with Crippen LogP contribution in [0.1, 0.15) is 19.4 Å². The number of hydrogen-bond donors (Lipinski definition) is 1. The van der Waals surface area contributed by atoms with Crippen molar-refractivity contribution in [3.05, 3.63) is 23.8 Å².